The Morgan fingerprint density at radius 1 is 0.953 bits per heavy atom. The quantitative estimate of drug-likeness (QED) is 0.150. The van der Waals surface area contributed by atoms with E-state index in [0.717, 1.165) is 17.0 Å². The zero-order valence-corrected chi connectivity index (χ0v) is 24.6. The van der Waals surface area contributed by atoms with Crippen LogP contribution in [-0.2, 0) is 16.6 Å². The van der Waals surface area contributed by atoms with E-state index in [1.165, 1.54) is 10.2 Å². The zero-order valence-electron chi connectivity index (χ0n) is 23.0. The minimum absolute atomic E-state index is 0.179. The van der Waals surface area contributed by atoms with Gasteiger partial charge in [-0.25, -0.2) is 22.4 Å². The first-order chi connectivity index (χ1) is 20.8. The summed E-state index contributed by atoms with van der Waals surface area (Å²) in [6.45, 7) is 0.595. The lowest BCUT2D eigenvalue weighted by Gasteiger charge is -2.13. The average Bonchev–Trinajstić information content (AvgIpc) is 3.43. The molecular formula is C32H27ClN6O3S. The van der Waals surface area contributed by atoms with Gasteiger partial charge in [-0.2, -0.15) is 0 Å². The third kappa shape index (κ3) is 5.70. The molecule has 216 valence electrons. The molecule has 2 heterocycles. The van der Waals surface area contributed by atoms with Gasteiger partial charge in [0.2, 0.25) is 5.95 Å². The van der Waals surface area contributed by atoms with Crippen molar-refractivity contribution in [1.29, 1.82) is 0 Å². The highest BCUT2D eigenvalue weighted by atomic mass is 35.5. The summed E-state index contributed by atoms with van der Waals surface area (Å²) >= 11 is 6.58. The maximum atomic E-state index is 13.6. The molecule has 6 rings (SSSR count). The standard InChI is InChI=1S/C32H27ClN6O3S/c1-42-23-14-11-21(12-15-23)18-35-29-16-13-22(17-28(29)34)37-32-36-19-27(33)31(38-32)26-20-39(30-10-6-5-9-25(26)30)43(40,41)24-7-3-2-4-8-24/h2-17,19-20,35H,18,34H2,1H3,(H,36,37,38). The van der Waals surface area contributed by atoms with Crippen LogP contribution >= 0.6 is 11.6 Å². The lowest BCUT2D eigenvalue weighted by atomic mass is 10.1. The molecule has 0 bridgehead atoms. The number of nitrogens with one attached hydrogen (secondary N) is 2. The second-order valence-corrected chi connectivity index (χ2v) is 11.9. The number of ether oxygens (including phenoxy) is 1. The number of nitrogens with two attached hydrogens (primary N) is 1. The number of hydrogen-bond acceptors (Lipinski definition) is 8. The van der Waals surface area contributed by atoms with Crippen LogP contribution in [0.1, 0.15) is 5.56 Å². The van der Waals surface area contributed by atoms with Crippen molar-refractivity contribution in [1.82, 2.24) is 13.9 Å². The lowest BCUT2D eigenvalue weighted by Crippen LogP contribution is -2.11. The SMILES string of the molecule is COc1ccc(CNc2ccc(Nc3ncc(Cl)c(-c4cn(S(=O)(=O)c5ccccc5)c5ccccc45)n3)cc2N)cc1. The van der Waals surface area contributed by atoms with Crippen molar-refractivity contribution >= 4 is 55.5 Å². The molecule has 0 aliphatic heterocycles. The van der Waals surface area contributed by atoms with Gasteiger partial charge in [-0.15, -0.1) is 0 Å². The maximum absolute atomic E-state index is 13.6. The molecule has 0 radical (unpaired) electrons. The van der Waals surface area contributed by atoms with E-state index in [1.807, 2.05) is 48.5 Å². The average molecular weight is 611 g/mol. The molecule has 4 aromatic carbocycles. The predicted octanol–water partition coefficient (Wildman–Crippen LogP) is 6.94. The zero-order chi connectivity index (χ0) is 30.0. The first-order valence-electron chi connectivity index (χ1n) is 13.3. The number of para-hydroxylation sites is 1. The molecule has 43 heavy (non-hydrogen) atoms. The van der Waals surface area contributed by atoms with E-state index in [2.05, 4.69) is 20.6 Å². The number of nitrogen functional groups attached to an aromatic ring is 1. The Bertz CT molecular complexity index is 2030. The summed E-state index contributed by atoms with van der Waals surface area (Å²) in [5.74, 6) is 1.08. The molecule has 0 atom stereocenters. The number of methoxy groups -OCH3 is 1. The second kappa shape index (κ2) is 11.7. The Labute approximate surface area is 254 Å². The minimum atomic E-state index is -3.87. The van der Waals surface area contributed by atoms with Crippen molar-refractivity contribution in [3.05, 3.63) is 120 Å². The molecule has 11 heteroatoms. The molecular weight excluding hydrogens is 584 g/mol. The summed E-state index contributed by atoms with van der Waals surface area (Å²) < 4.78 is 33.6. The van der Waals surface area contributed by atoms with Gasteiger partial charge < -0.3 is 21.1 Å². The van der Waals surface area contributed by atoms with Gasteiger partial charge in [0.25, 0.3) is 10.0 Å². The molecule has 0 unspecified atom stereocenters. The molecule has 0 fully saturated rings. The molecule has 0 saturated heterocycles. The molecule has 0 spiro atoms. The van der Waals surface area contributed by atoms with Gasteiger partial charge in [0.15, 0.2) is 0 Å². The van der Waals surface area contributed by atoms with Crippen LogP contribution < -0.4 is 21.1 Å². The van der Waals surface area contributed by atoms with E-state index in [4.69, 9.17) is 22.1 Å². The summed E-state index contributed by atoms with van der Waals surface area (Å²) in [6.07, 6.45) is 3.03. The fraction of sp³-hybridized carbons (Fsp3) is 0.0625. The highest BCUT2D eigenvalue weighted by Crippen LogP contribution is 2.36. The molecule has 6 aromatic rings. The summed E-state index contributed by atoms with van der Waals surface area (Å²) in [5.41, 5.74) is 10.9. The fourth-order valence-corrected chi connectivity index (χ4v) is 6.31. The molecule has 9 nitrogen and oxygen atoms in total. The predicted molar refractivity (Wildman–Crippen MR) is 171 cm³/mol. The van der Waals surface area contributed by atoms with Crippen molar-refractivity contribution in [3.8, 4) is 17.0 Å². The normalized spacial score (nSPS) is 11.4. The Morgan fingerprint density at radius 3 is 2.44 bits per heavy atom. The number of benzene rings is 4. The van der Waals surface area contributed by atoms with E-state index in [1.54, 1.807) is 61.8 Å². The van der Waals surface area contributed by atoms with E-state index < -0.39 is 10.0 Å². The number of rotatable bonds is 9. The van der Waals surface area contributed by atoms with Gasteiger partial charge in [0, 0.05) is 29.4 Å². The third-order valence-electron chi connectivity index (χ3n) is 6.93. The topological polar surface area (TPSA) is 124 Å². The number of halogens is 1. The van der Waals surface area contributed by atoms with Crippen molar-refractivity contribution in [2.45, 2.75) is 11.4 Å². The van der Waals surface area contributed by atoms with Crippen LogP contribution in [0.25, 0.3) is 22.2 Å². The summed E-state index contributed by atoms with van der Waals surface area (Å²) in [6, 6.07) is 28.8. The molecule has 0 aliphatic rings. The summed E-state index contributed by atoms with van der Waals surface area (Å²) in [4.78, 5) is 9.19. The van der Waals surface area contributed by atoms with Crippen LogP contribution in [0, 0.1) is 0 Å². The summed E-state index contributed by atoms with van der Waals surface area (Å²) in [5, 5.41) is 7.49. The van der Waals surface area contributed by atoms with Crippen LogP contribution in [0.2, 0.25) is 5.02 Å². The Kier molecular flexibility index (Phi) is 7.62. The highest BCUT2D eigenvalue weighted by Gasteiger charge is 2.23. The number of anilines is 4. The van der Waals surface area contributed by atoms with Crippen LogP contribution in [0.4, 0.5) is 23.0 Å². The maximum Gasteiger partial charge on any atom is 0.268 e. The largest absolute Gasteiger partial charge is 0.497 e. The number of hydrogen-bond donors (Lipinski definition) is 3. The molecule has 2 aromatic heterocycles. The molecule has 0 saturated carbocycles. The van der Waals surface area contributed by atoms with Gasteiger partial charge >= 0.3 is 0 Å². The van der Waals surface area contributed by atoms with Gasteiger partial charge in [-0.05, 0) is 54.1 Å². The number of nitrogens with zero attached hydrogens (tertiary/aromatic N) is 3. The fourth-order valence-electron chi connectivity index (χ4n) is 4.73. The van der Waals surface area contributed by atoms with Crippen molar-refractivity contribution < 1.29 is 13.2 Å². The van der Waals surface area contributed by atoms with Crippen molar-refractivity contribution in [2.75, 3.05) is 23.5 Å². The van der Waals surface area contributed by atoms with Gasteiger partial charge in [-0.3, -0.25) is 0 Å². The lowest BCUT2D eigenvalue weighted by molar-refractivity contribution is 0.414. The van der Waals surface area contributed by atoms with Crippen molar-refractivity contribution in [2.24, 2.45) is 0 Å². The van der Waals surface area contributed by atoms with E-state index in [0.29, 0.717) is 40.1 Å². The van der Waals surface area contributed by atoms with E-state index in [-0.39, 0.29) is 15.9 Å². The van der Waals surface area contributed by atoms with Gasteiger partial charge in [0.05, 0.1) is 45.8 Å². The van der Waals surface area contributed by atoms with Crippen molar-refractivity contribution in [3.63, 3.8) is 0 Å². The Hall–Kier alpha value is -5.06. The molecule has 0 amide bonds. The van der Waals surface area contributed by atoms with E-state index >= 15 is 0 Å². The highest BCUT2D eigenvalue weighted by molar-refractivity contribution is 7.90. The third-order valence-corrected chi connectivity index (χ3v) is 8.89. The number of fused-ring (bicyclic) bond motifs is 1. The monoisotopic (exact) mass is 610 g/mol. The van der Waals surface area contributed by atoms with Crippen LogP contribution in [-0.4, -0.2) is 29.5 Å². The first kappa shape index (κ1) is 28.1. The summed E-state index contributed by atoms with van der Waals surface area (Å²) in [7, 11) is -2.23. The molecule has 4 N–H and O–H groups in total. The second-order valence-electron chi connectivity index (χ2n) is 9.69. The minimum Gasteiger partial charge on any atom is -0.497 e. The van der Waals surface area contributed by atoms with Crippen LogP contribution in [0.5, 0.6) is 5.75 Å². The molecule has 0 aliphatic carbocycles. The van der Waals surface area contributed by atoms with E-state index in [9.17, 15) is 8.42 Å². The van der Waals surface area contributed by atoms with Crippen LogP contribution in [0.15, 0.2) is 114 Å². The first-order valence-corrected chi connectivity index (χ1v) is 15.1. The Morgan fingerprint density at radius 2 is 1.70 bits per heavy atom. The Balaban J connectivity index is 1.28. The number of aromatic nitrogens is 3. The van der Waals surface area contributed by atoms with Gasteiger partial charge in [-0.1, -0.05) is 60.1 Å². The smallest absolute Gasteiger partial charge is 0.268 e. The van der Waals surface area contributed by atoms with Gasteiger partial charge in [0.1, 0.15) is 5.75 Å². The van der Waals surface area contributed by atoms with Crippen LogP contribution in [0.3, 0.4) is 0 Å².